The number of aliphatic hydroxyl groups excluding tert-OH is 12. The Morgan fingerprint density at radius 3 is 2.01 bits per heavy atom. The number of allylic oxidation sites excluding steroid dienone is 2. The summed E-state index contributed by atoms with van der Waals surface area (Å²) in [6, 6.07) is 0. The second-order valence-electron chi connectivity index (χ2n) is 22.9. The van der Waals surface area contributed by atoms with Crippen molar-refractivity contribution in [2.75, 3.05) is 19.8 Å². The molecule has 0 amide bonds. The van der Waals surface area contributed by atoms with Crippen molar-refractivity contribution in [3.8, 4) is 0 Å². The molecule has 3 aliphatic heterocycles. The van der Waals surface area contributed by atoms with Crippen LogP contribution in [0, 0.1) is 56.7 Å². The molecule has 0 aromatic carbocycles. The van der Waals surface area contributed by atoms with Gasteiger partial charge in [0, 0.05) is 5.41 Å². The monoisotopic (exact) mass is 959 g/mol. The number of aliphatic hydroxyl groups is 12. The van der Waals surface area contributed by atoms with Gasteiger partial charge in [0.15, 0.2) is 12.6 Å². The smallest absolute Gasteiger partial charge is 0.315 e. The van der Waals surface area contributed by atoms with Crippen molar-refractivity contribution in [2.24, 2.45) is 56.7 Å². The summed E-state index contributed by atoms with van der Waals surface area (Å²) in [5.41, 5.74) is -1.64. The molecule has 8 rings (SSSR count). The molecule has 3 saturated heterocycles. The highest BCUT2D eigenvalue weighted by Gasteiger charge is 2.71. The van der Waals surface area contributed by atoms with Gasteiger partial charge in [-0.2, -0.15) is 0 Å². The maximum atomic E-state index is 15.0. The molecule has 5 aliphatic carbocycles. The third-order valence-electron chi connectivity index (χ3n) is 19.7. The summed E-state index contributed by atoms with van der Waals surface area (Å²) in [5.74, 6) is -0.386. The molecule has 19 nitrogen and oxygen atoms in total. The van der Waals surface area contributed by atoms with Gasteiger partial charge in [0.05, 0.1) is 43.5 Å². The van der Waals surface area contributed by atoms with Crippen LogP contribution >= 0.6 is 0 Å². The second-order valence-corrected chi connectivity index (χ2v) is 22.9. The van der Waals surface area contributed by atoms with Crippen LogP contribution in [0.3, 0.4) is 0 Å². The first-order valence-corrected chi connectivity index (χ1v) is 24.5. The molecule has 0 spiro atoms. The fourth-order valence-electron chi connectivity index (χ4n) is 15.2. The molecule has 8 aliphatic rings. The average Bonchev–Trinajstić information content (AvgIpc) is 3.29. The second kappa shape index (κ2) is 18.5. The van der Waals surface area contributed by atoms with E-state index in [-0.39, 0.29) is 52.4 Å². The van der Waals surface area contributed by atoms with Crippen LogP contribution in [0.5, 0.6) is 0 Å². The molecular formula is C48H78O19. The number of carbonyl (C=O) groups is 1. The lowest BCUT2D eigenvalue weighted by Crippen LogP contribution is -2.68. The largest absolute Gasteiger partial charge is 0.432 e. The fraction of sp³-hybridized carbons (Fsp3) is 0.938. The minimum Gasteiger partial charge on any atom is -0.432 e. The van der Waals surface area contributed by atoms with E-state index >= 15 is 4.79 Å². The van der Waals surface area contributed by atoms with Crippen LogP contribution in [0.4, 0.5) is 0 Å². The number of hydrogen-bond acceptors (Lipinski definition) is 19. The summed E-state index contributed by atoms with van der Waals surface area (Å²) in [6.45, 7) is 13.0. The summed E-state index contributed by atoms with van der Waals surface area (Å²) in [7, 11) is 0. The summed E-state index contributed by atoms with van der Waals surface area (Å²) >= 11 is 0. The van der Waals surface area contributed by atoms with E-state index in [0.717, 1.165) is 19.3 Å². The molecule has 1 unspecified atom stereocenters. The molecular weight excluding hydrogens is 881 g/mol. The van der Waals surface area contributed by atoms with E-state index in [1.807, 2.05) is 6.92 Å². The normalized spacial score (nSPS) is 56.7. The molecule has 0 aromatic heterocycles. The lowest BCUT2D eigenvalue weighted by atomic mass is 9.33. The molecule has 67 heavy (non-hydrogen) atoms. The molecule has 12 N–H and O–H groups in total. The van der Waals surface area contributed by atoms with Gasteiger partial charge in [0.2, 0.25) is 6.29 Å². The molecule has 3 heterocycles. The predicted molar refractivity (Wildman–Crippen MR) is 231 cm³/mol. The summed E-state index contributed by atoms with van der Waals surface area (Å²) < 4.78 is 34.7. The summed E-state index contributed by atoms with van der Waals surface area (Å²) in [4.78, 5) is 15.0. The first kappa shape index (κ1) is 51.9. The first-order chi connectivity index (χ1) is 31.4. The van der Waals surface area contributed by atoms with Gasteiger partial charge in [-0.05, 0) is 104 Å². The molecule has 7 fully saturated rings. The van der Waals surface area contributed by atoms with Gasteiger partial charge in [-0.3, -0.25) is 4.79 Å². The van der Waals surface area contributed by atoms with Crippen LogP contribution in [0.1, 0.15) is 99.8 Å². The van der Waals surface area contributed by atoms with Gasteiger partial charge >= 0.3 is 5.97 Å². The van der Waals surface area contributed by atoms with Crippen molar-refractivity contribution in [1.82, 2.24) is 0 Å². The molecule has 0 radical (unpaired) electrons. The molecule has 19 heteroatoms. The highest BCUT2D eigenvalue weighted by molar-refractivity contribution is 5.79. The maximum Gasteiger partial charge on any atom is 0.315 e. The average molecular weight is 959 g/mol. The van der Waals surface area contributed by atoms with Crippen molar-refractivity contribution in [2.45, 2.75) is 204 Å². The fourth-order valence-corrected chi connectivity index (χ4v) is 15.2. The van der Waals surface area contributed by atoms with E-state index in [4.69, 9.17) is 28.4 Å². The van der Waals surface area contributed by atoms with Crippen molar-refractivity contribution in [1.29, 1.82) is 0 Å². The first-order valence-electron chi connectivity index (χ1n) is 24.5. The van der Waals surface area contributed by atoms with Crippen molar-refractivity contribution < 1.29 is 94.5 Å². The van der Waals surface area contributed by atoms with E-state index in [9.17, 15) is 61.3 Å². The number of carbonyl (C=O) groups excluding carboxylic acids is 1. The molecule has 0 bridgehead atoms. The standard InChI is InChI=1S/C48H78O19/c1-20-10-13-48(15-14-46(6)23(29(48)21(20)2)8-9-28-44(4)16-24(51)39(60)45(5,19-50)27(44)11-12-47(28,46)7)43(61)67-42-36(58)33(55)31(53)26(65-42)18-62-40-37(59)34(56)38(25(17-49)64-40)66-41-35(57)32(54)30(52)22(3)63-41/h8,20-22,24-42,49-60H,9-19H2,1-7H3/t20-,21+,22-,24-,25-,26-,27?,28-,29-,30+,31-,32-,33+,34-,35-,36-,37-,38-,39+,40-,41+,42+,44+,45+,46-,47-,48+/m1/s1. The third kappa shape index (κ3) is 7.92. The third-order valence-corrected chi connectivity index (χ3v) is 19.7. The van der Waals surface area contributed by atoms with Gasteiger partial charge in [0.25, 0.3) is 0 Å². The van der Waals surface area contributed by atoms with Crippen LogP contribution in [0.15, 0.2) is 11.6 Å². The molecule has 384 valence electrons. The Labute approximate surface area is 392 Å². The topological polar surface area (TPSA) is 315 Å². The Kier molecular flexibility index (Phi) is 14.4. The van der Waals surface area contributed by atoms with Crippen molar-refractivity contribution in [3.05, 3.63) is 11.6 Å². The zero-order valence-corrected chi connectivity index (χ0v) is 39.8. The van der Waals surface area contributed by atoms with Gasteiger partial charge in [-0.1, -0.05) is 53.2 Å². The predicted octanol–water partition coefficient (Wildman–Crippen LogP) is -1.03. The minimum atomic E-state index is -1.86. The van der Waals surface area contributed by atoms with Gasteiger partial charge < -0.3 is 89.7 Å². The van der Waals surface area contributed by atoms with Gasteiger partial charge in [-0.25, -0.2) is 0 Å². The number of fused-ring (bicyclic) bond motifs is 7. The summed E-state index contributed by atoms with van der Waals surface area (Å²) in [6.07, 6.45) is -18.9. The molecule has 27 atom stereocenters. The van der Waals surface area contributed by atoms with Gasteiger partial charge in [-0.15, -0.1) is 0 Å². The van der Waals surface area contributed by atoms with E-state index in [2.05, 4.69) is 40.7 Å². The van der Waals surface area contributed by atoms with E-state index in [1.165, 1.54) is 12.5 Å². The Morgan fingerprint density at radius 1 is 0.701 bits per heavy atom. The van der Waals surface area contributed by atoms with Gasteiger partial charge in [0.1, 0.15) is 67.1 Å². The molecule has 4 saturated carbocycles. The number of rotatable bonds is 9. The van der Waals surface area contributed by atoms with Crippen molar-refractivity contribution in [3.63, 3.8) is 0 Å². The number of esters is 1. The highest BCUT2D eigenvalue weighted by atomic mass is 16.8. The summed E-state index contributed by atoms with van der Waals surface area (Å²) in [5, 5.41) is 130. The highest BCUT2D eigenvalue weighted by Crippen LogP contribution is 2.76. The SMILES string of the molecule is C[C@H]1[C@H](C)CC[C@]2(C(=O)O[C@@H]3O[C@H](CO[C@@H]4O[C@H](CO)[C@@H](O[C@@H]5O[C@H](C)[C@H](O)[C@@H](O)[C@H]5O)[C@H](O)[C@H]4O)[C@@H](O)[C@H](O)[C@H]3O)CC[C@]3(C)C(=CC[C@@H]4[C@@]5(C)C[C@@H](O)[C@H](O)[C@@](C)(CO)C5CC[C@]43C)[C@@H]12. The van der Waals surface area contributed by atoms with Crippen LogP contribution < -0.4 is 0 Å². The Balaban J connectivity index is 0.985. The van der Waals surface area contributed by atoms with Crippen LogP contribution in [0.2, 0.25) is 0 Å². The Bertz CT molecular complexity index is 1820. The zero-order valence-electron chi connectivity index (χ0n) is 39.8. The lowest BCUT2D eigenvalue weighted by molar-refractivity contribution is -0.361. The maximum absolute atomic E-state index is 15.0. The van der Waals surface area contributed by atoms with E-state index in [1.54, 1.807) is 0 Å². The quantitative estimate of drug-likeness (QED) is 0.0971. The number of ether oxygens (including phenoxy) is 6. The number of hydrogen-bond donors (Lipinski definition) is 12. The Hall–Kier alpha value is -1.47. The Morgan fingerprint density at radius 2 is 1.34 bits per heavy atom. The lowest BCUT2D eigenvalue weighted by Gasteiger charge is -2.71. The van der Waals surface area contributed by atoms with E-state index in [0.29, 0.717) is 32.1 Å². The van der Waals surface area contributed by atoms with Crippen molar-refractivity contribution >= 4 is 5.97 Å². The van der Waals surface area contributed by atoms with Crippen LogP contribution in [-0.4, -0.2) is 191 Å². The minimum absolute atomic E-state index is 0.0112. The van der Waals surface area contributed by atoms with E-state index < -0.39 is 134 Å². The zero-order chi connectivity index (χ0) is 49.1. The van der Waals surface area contributed by atoms with Crippen LogP contribution in [-0.2, 0) is 33.2 Å². The van der Waals surface area contributed by atoms with Crippen LogP contribution in [0.25, 0.3) is 0 Å². The molecule has 0 aromatic rings.